The van der Waals surface area contributed by atoms with Crippen molar-refractivity contribution in [3.63, 3.8) is 0 Å². The van der Waals surface area contributed by atoms with Gasteiger partial charge < -0.3 is 15.4 Å². The third kappa shape index (κ3) is 6.41. The monoisotopic (exact) mass is 374 g/mol. The van der Waals surface area contributed by atoms with E-state index >= 15 is 0 Å². The Morgan fingerprint density at radius 1 is 1.12 bits per heavy atom. The molecule has 0 spiro atoms. The number of amides is 2. The molecule has 0 bridgehead atoms. The summed E-state index contributed by atoms with van der Waals surface area (Å²) in [7, 11) is 0. The van der Waals surface area contributed by atoms with Gasteiger partial charge in [-0.1, -0.05) is 41.9 Å². The Bertz CT molecular complexity index is 750. The van der Waals surface area contributed by atoms with Crippen LogP contribution in [0.15, 0.2) is 48.5 Å². The number of benzene rings is 2. The van der Waals surface area contributed by atoms with Gasteiger partial charge in [0.15, 0.2) is 6.61 Å². The molecule has 0 aliphatic rings. The minimum Gasteiger partial charge on any atom is -0.484 e. The van der Waals surface area contributed by atoms with E-state index in [-0.39, 0.29) is 25.5 Å². The first-order valence-corrected chi connectivity index (χ1v) is 8.82. The Kier molecular flexibility index (Phi) is 7.48. The number of carbonyl (C=O) groups excluding carboxylic acids is 2. The molecule has 0 saturated heterocycles. The van der Waals surface area contributed by atoms with E-state index in [1.54, 1.807) is 23.1 Å². The Hall–Kier alpha value is -2.53. The summed E-state index contributed by atoms with van der Waals surface area (Å²) in [5.41, 5.74) is 7.23. The maximum atomic E-state index is 12.5. The number of primary amides is 1. The molecule has 0 heterocycles. The SMILES string of the molecule is Cc1cc(OCC(=O)N(CCC(N)=O)CCc2ccccc2)ccc1Cl. The highest BCUT2D eigenvalue weighted by Crippen LogP contribution is 2.21. The molecular weight excluding hydrogens is 352 g/mol. The number of halogens is 1. The van der Waals surface area contributed by atoms with Crippen LogP contribution in [0.2, 0.25) is 5.02 Å². The summed E-state index contributed by atoms with van der Waals surface area (Å²) in [5.74, 6) is -0.0373. The molecule has 0 saturated carbocycles. The molecule has 2 amide bonds. The topological polar surface area (TPSA) is 72.6 Å². The van der Waals surface area contributed by atoms with Gasteiger partial charge >= 0.3 is 0 Å². The van der Waals surface area contributed by atoms with Crippen LogP contribution >= 0.6 is 11.6 Å². The zero-order valence-corrected chi connectivity index (χ0v) is 15.5. The highest BCUT2D eigenvalue weighted by atomic mass is 35.5. The number of rotatable bonds is 9. The molecule has 2 aromatic carbocycles. The summed E-state index contributed by atoms with van der Waals surface area (Å²) in [6.07, 6.45) is 0.825. The summed E-state index contributed by atoms with van der Waals surface area (Å²) in [4.78, 5) is 25.2. The molecule has 0 atom stereocenters. The van der Waals surface area contributed by atoms with E-state index in [4.69, 9.17) is 22.1 Å². The van der Waals surface area contributed by atoms with Gasteiger partial charge in [-0.2, -0.15) is 0 Å². The quantitative estimate of drug-likeness (QED) is 0.733. The van der Waals surface area contributed by atoms with Crippen molar-refractivity contribution >= 4 is 23.4 Å². The van der Waals surface area contributed by atoms with Gasteiger partial charge in [0.25, 0.3) is 5.91 Å². The lowest BCUT2D eigenvalue weighted by Crippen LogP contribution is -2.38. The third-order valence-electron chi connectivity index (χ3n) is 3.99. The number of hydrogen-bond acceptors (Lipinski definition) is 3. The molecule has 138 valence electrons. The number of carbonyl (C=O) groups is 2. The van der Waals surface area contributed by atoms with Crippen molar-refractivity contribution in [2.24, 2.45) is 5.73 Å². The standard InChI is InChI=1S/C20H23ClN2O3/c1-15-13-17(7-8-18(15)21)26-14-20(25)23(12-10-19(22)24)11-9-16-5-3-2-4-6-16/h2-8,13H,9-12,14H2,1H3,(H2,22,24). The van der Waals surface area contributed by atoms with Crippen LogP contribution in [0.4, 0.5) is 0 Å². The van der Waals surface area contributed by atoms with E-state index in [0.717, 1.165) is 11.1 Å². The molecule has 2 rings (SSSR count). The predicted octanol–water partition coefficient (Wildman–Crippen LogP) is 2.97. The maximum Gasteiger partial charge on any atom is 0.260 e. The van der Waals surface area contributed by atoms with Gasteiger partial charge in [0, 0.05) is 24.5 Å². The fourth-order valence-electron chi connectivity index (χ4n) is 2.46. The fraction of sp³-hybridized carbons (Fsp3) is 0.300. The molecule has 2 N–H and O–H groups in total. The number of ether oxygens (including phenoxy) is 1. The van der Waals surface area contributed by atoms with Gasteiger partial charge in [0.2, 0.25) is 5.91 Å². The van der Waals surface area contributed by atoms with E-state index in [0.29, 0.717) is 23.7 Å². The van der Waals surface area contributed by atoms with E-state index in [1.165, 1.54) is 0 Å². The second-order valence-electron chi connectivity index (χ2n) is 6.03. The molecule has 0 radical (unpaired) electrons. The molecule has 0 aromatic heterocycles. The Morgan fingerprint density at radius 3 is 2.50 bits per heavy atom. The van der Waals surface area contributed by atoms with Crippen molar-refractivity contribution in [1.29, 1.82) is 0 Å². The highest BCUT2D eigenvalue weighted by Gasteiger charge is 2.15. The summed E-state index contributed by atoms with van der Waals surface area (Å²) in [6, 6.07) is 15.1. The number of nitrogens with zero attached hydrogens (tertiary/aromatic N) is 1. The third-order valence-corrected chi connectivity index (χ3v) is 4.41. The van der Waals surface area contributed by atoms with Crippen LogP contribution in [0.3, 0.4) is 0 Å². The first-order chi connectivity index (χ1) is 12.5. The predicted molar refractivity (Wildman–Crippen MR) is 102 cm³/mol. The average Bonchev–Trinajstić information content (AvgIpc) is 2.63. The summed E-state index contributed by atoms with van der Waals surface area (Å²) < 4.78 is 5.58. The van der Waals surface area contributed by atoms with Gasteiger partial charge in [-0.15, -0.1) is 0 Å². The first-order valence-electron chi connectivity index (χ1n) is 8.44. The number of nitrogens with two attached hydrogens (primary N) is 1. The first kappa shape index (κ1) is 19.8. The van der Waals surface area contributed by atoms with Gasteiger partial charge in [0.05, 0.1) is 0 Å². The number of hydrogen-bond donors (Lipinski definition) is 1. The van der Waals surface area contributed by atoms with Crippen LogP contribution in [0.25, 0.3) is 0 Å². The lowest BCUT2D eigenvalue weighted by molar-refractivity contribution is -0.133. The number of aryl methyl sites for hydroxylation is 1. The van der Waals surface area contributed by atoms with E-state index in [1.807, 2.05) is 37.3 Å². The van der Waals surface area contributed by atoms with Crippen molar-refractivity contribution in [1.82, 2.24) is 4.90 Å². The highest BCUT2D eigenvalue weighted by molar-refractivity contribution is 6.31. The smallest absolute Gasteiger partial charge is 0.260 e. The largest absolute Gasteiger partial charge is 0.484 e. The Labute approximate surface area is 158 Å². The fourth-order valence-corrected chi connectivity index (χ4v) is 2.58. The van der Waals surface area contributed by atoms with Crippen molar-refractivity contribution in [3.05, 3.63) is 64.7 Å². The Balaban J connectivity index is 1.94. The molecule has 0 unspecified atom stereocenters. The van der Waals surface area contributed by atoms with Crippen molar-refractivity contribution in [2.45, 2.75) is 19.8 Å². The van der Waals surface area contributed by atoms with Gasteiger partial charge in [0.1, 0.15) is 5.75 Å². The van der Waals surface area contributed by atoms with E-state index < -0.39 is 5.91 Å². The maximum absolute atomic E-state index is 12.5. The second kappa shape index (κ2) is 9.82. The van der Waals surface area contributed by atoms with Crippen LogP contribution in [0.1, 0.15) is 17.5 Å². The summed E-state index contributed by atoms with van der Waals surface area (Å²) in [6.45, 7) is 2.55. The molecule has 0 aliphatic carbocycles. The van der Waals surface area contributed by atoms with Crippen molar-refractivity contribution in [3.8, 4) is 5.75 Å². The summed E-state index contributed by atoms with van der Waals surface area (Å²) in [5, 5.41) is 0.648. The molecule has 6 heteroatoms. The van der Waals surface area contributed by atoms with Gasteiger partial charge in [-0.05, 0) is 42.7 Å². The lowest BCUT2D eigenvalue weighted by Gasteiger charge is -2.22. The molecular formula is C20H23ClN2O3. The van der Waals surface area contributed by atoms with E-state index in [2.05, 4.69) is 0 Å². The van der Waals surface area contributed by atoms with Crippen LogP contribution in [0.5, 0.6) is 5.75 Å². The second-order valence-corrected chi connectivity index (χ2v) is 6.44. The molecule has 2 aromatic rings. The molecule has 0 fully saturated rings. The van der Waals surface area contributed by atoms with Crippen molar-refractivity contribution in [2.75, 3.05) is 19.7 Å². The zero-order chi connectivity index (χ0) is 18.9. The lowest BCUT2D eigenvalue weighted by atomic mass is 10.1. The Morgan fingerprint density at radius 2 is 1.85 bits per heavy atom. The minimum atomic E-state index is -0.434. The normalized spacial score (nSPS) is 10.4. The zero-order valence-electron chi connectivity index (χ0n) is 14.8. The summed E-state index contributed by atoms with van der Waals surface area (Å²) >= 11 is 5.99. The van der Waals surface area contributed by atoms with Crippen LogP contribution in [-0.2, 0) is 16.0 Å². The van der Waals surface area contributed by atoms with Gasteiger partial charge in [-0.3, -0.25) is 9.59 Å². The molecule has 26 heavy (non-hydrogen) atoms. The van der Waals surface area contributed by atoms with Crippen LogP contribution < -0.4 is 10.5 Å². The molecule has 0 aliphatic heterocycles. The van der Waals surface area contributed by atoms with Crippen molar-refractivity contribution < 1.29 is 14.3 Å². The van der Waals surface area contributed by atoms with E-state index in [9.17, 15) is 9.59 Å². The average molecular weight is 375 g/mol. The van der Waals surface area contributed by atoms with Gasteiger partial charge in [-0.25, -0.2) is 0 Å². The molecule has 5 nitrogen and oxygen atoms in total. The van der Waals surface area contributed by atoms with Crippen LogP contribution in [0, 0.1) is 6.92 Å². The van der Waals surface area contributed by atoms with Crippen LogP contribution in [-0.4, -0.2) is 36.4 Å². The minimum absolute atomic E-state index is 0.103.